The zero-order valence-electron chi connectivity index (χ0n) is 31.8. The molecule has 0 bridgehead atoms. The normalized spacial score (nSPS) is 20.2. The van der Waals surface area contributed by atoms with Crippen LogP contribution >= 0.6 is 0 Å². The van der Waals surface area contributed by atoms with E-state index in [2.05, 4.69) is 70.6 Å². The van der Waals surface area contributed by atoms with Gasteiger partial charge in [-0.3, -0.25) is 29.4 Å². The van der Waals surface area contributed by atoms with Crippen molar-refractivity contribution in [1.29, 1.82) is 0 Å². The lowest BCUT2D eigenvalue weighted by Gasteiger charge is -2.38. The number of rotatable bonds is 10. The molecule has 0 saturated carbocycles. The average molecular weight is 753 g/mol. The highest BCUT2D eigenvalue weighted by Gasteiger charge is 2.45. The molecule has 288 valence electrons. The molecule has 4 heterocycles. The Morgan fingerprint density at radius 2 is 1.39 bits per heavy atom. The number of ether oxygens (including phenoxy) is 1. The topological polar surface area (TPSA) is 119 Å². The van der Waals surface area contributed by atoms with Gasteiger partial charge in [-0.1, -0.05) is 61.5 Å². The molecule has 1 unspecified atom stereocenters. The zero-order chi connectivity index (χ0) is 38.8. The van der Waals surface area contributed by atoms with Gasteiger partial charge in [0, 0.05) is 44.8 Å². The molecule has 2 N–H and O–H groups in total. The SMILES string of the molecule is CCC(=C(c1ccc(O)cc1)c1ccc(OC2CCN(CC3CCN(c4ccc5c(c4)C(=O)N(C4CCC(=O)NC4=O)C5=O)CC3)CC2)cc1)c1ccccc1. The Hall–Kier alpha value is -5.74. The Morgan fingerprint density at radius 1 is 0.732 bits per heavy atom. The fraction of sp³-hybridized carbons (Fsp3) is 0.348. The molecule has 10 nitrogen and oxygen atoms in total. The van der Waals surface area contributed by atoms with Crippen LogP contribution in [-0.4, -0.2) is 83.4 Å². The third-order valence-corrected chi connectivity index (χ3v) is 11.8. The summed E-state index contributed by atoms with van der Waals surface area (Å²) in [5.41, 5.74) is 7.31. The van der Waals surface area contributed by atoms with Crippen molar-refractivity contribution >= 4 is 40.5 Å². The number of carbonyl (C=O) groups excluding carboxylic acids is 4. The minimum absolute atomic E-state index is 0.101. The fourth-order valence-electron chi connectivity index (χ4n) is 8.80. The van der Waals surface area contributed by atoms with Crippen LogP contribution in [0.5, 0.6) is 11.5 Å². The van der Waals surface area contributed by atoms with Gasteiger partial charge in [0.15, 0.2) is 0 Å². The van der Waals surface area contributed by atoms with Crippen LogP contribution in [0.2, 0.25) is 0 Å². The van der Waals surface area contributed by atoms with Crippen molar-refractivity contribution in [2.45, 2.75) is 64.0 Å². The number of hydrogen-bond donors (Lipinski definition) is 2. The molecule has 0 radical (unpaired) electrons. The summed E-state index contributed by atoms with van der Waals surface area (Å²) in [7, 11) is 0. The van der Waals surface area contributed by atoms with E-state index in [1.165, 1.54) is 11.1 Å². The maximum absolute atomic E-state index is 13.3. The third kappa shape index (κ3) is 7.71. The van der Waals surface area contributed by atoms with Gasteiger partial charge in [0.25, 0.3) is 11.8 Å². The number of imide groups is 2. The first-order chi connectivity index (χ1) is 27.2. The Morgan fingerprint density at radius 3 is 2.05 bits per heavy atom. The Labute approximate surface area is 327 Å². The minimum Gasteiger partial charge on any atom is -0.508 e. The summed E-state index contributed by atoms with van der Waals surface area (Å²) < 4.78 is 6.52. The lowest BCUT2D eigenvalue weighted by atomic mass is 9.88. The molecule has 0 spiro atoms. The number of aromatic hydroxyl groups is 1. The number of phenols is 1. The van der Waals surface area contributed by atoms with Crippen LogP contribution in [0.25, 0.3) is 11.1 Å². The summed E-state index contributed by atoms with van der Waals surface area (Å²) in [5.74, 6) is -0.219. The molecule has 4 aromatic rings. The third-order valence-electron chi connectivity index (χ3n) is 11.8. The molecule has 10 heteroatoms. The van der Waals surface area contributed by atoms with E-state index in [1.54, 1.807) is 24.3 Å². The van der Waals surface area contributed by atoms with E-state index in [0.29, 0.717) is 17.0 Å². The number of benzene rings is 4. The number of amides is 4. The number of fused-ring (bicyclic) bond motifs is 1. The number of nitrogens with one attached hydrogen (secondary N) is 1. The molecular weight excluding hydrogens is 705 g/mol. The highest BCUT2D eigenvalue weighted by molar-refractivity contribution is 6.23. The smallest absolute Gasteiger partial charge is 0.262 e. The maximum Gasteiger partial charge on any atom is 0.262 e. The monoisotopic (exact) mass is 752 g/mol. The van der Waals surface area contributed by atoms with E-state index in [-0.39, 0.29) is 30.6 Å². The van der Waals surface area contributed by atoms with Crippen molar-refractivity contribution in [2.75, 3.05) is 37.6 Å². The first-order valence-corrected chi connectivity index (χ1v) is 19.9. The molecule has 56 heavy (non-hydrogen) atoms. The molecule has 0 aromatic heterocycles. The predicted molar refractivity (Wildman–Crippen MR) is 215 cm³/mol. The van der Waals surface area contributed by atoms with E-state index >= 15 is 0 Å². The number of nitrogens with zero attached hydrogens (tertiary/aromatic N) is 3. The molecule has 4 aromatic carbocycles. The van der Waals surface area contributed by atoms with Crippen molar-refractivity contribution in [3.05, 3.63) is 125 Å². The van der Waals surface area contributed by atoms with Crippen molar-refractivity contribution in [3.8, 4) is 11.5 Å². The number of piperidine rings is 3. The summed E-state index contributed by atoms with van der Waals surface area (Å²) in [6, 6.07) is 30.8. The fourth-order valence-corrected chi connectivity index (χ4v) is 8.80. The lowest BCUT2D eigenvalue weighted by Crippen LogP contribution is -2.54. The largest absolute Gasteiger partial charge is 0.508 e. The van der Waals surface area contributed by atoms with Gasteiger partial charge >= 0.3 is 0 Å². The van der Waals surface area contributed by atoms with Crippen LogP contribution in [0.15, 0.2) is 97.1 Å². The van der Waals surface area contributed by atoms with Gasteiger partial charge < -0.3 is 19.6 Å². The first kappa shape index (κ1) is 37.2. The van der Waals surface area contributed by atoms with Gasteiger partial charge in [0.2, 0.25) is 11.8 Å². The zero-order valence-corrected chi connectivity index (χ0v) is 31.8. The molecule has 3 saturated heterocycles. The van der Waals surface area contributed by atoms with Crippen LogP contribution in [0.4, 0.5) is 5.69 Å². The predicted octanol–water partition coefficient (Wildman–Crippen LogP) is 6.92. The molecule has 3 fully saturated rings. The van der Waals surface area contributed by atoms with E-state index in [4.69, 9.17) is 4.74 Å². The Bertz CT molecular complexity index is 2130. The molecule has 4 amide bonds. The molecule has 0 aliphatic carbocycles. The summed E-state index contributed by atoms with van der Waals surface area (Å²) >= 11 is 0. The molecule has 4 aliphatic rings. The van der Waals surface area contributed by atoms with Crippen molar-refractivity contribution in [1.82, 2.24) is 15.1 Å². The van der Waals surface area contributed by atoms with Gasteiger partial charge in [0.05, 0.1) is 11.1 Å². The van der Waals surface area contributed by atoms with Crippen molar-refractivity contribution < 1.29 is 29.0 Å². The molecule has 1 atom stereocenters. The molecular formula is C46H48N4O6. The minimum atomic E-state index is -0.962. The number of allylic oxidation sites excluding steroid dienone is 1. The van der Waals surface area contributed by atoms with Crippen LogP contribution < -0.4 is 15.0 Å². The number of hydrogen-bond acceptors (Lipinski definition) is 8. The number of anilines is 1. The second-order valence-corrected chi connectivity index (χ2v) is 15.4. The van der Waals surface area contributed by atoms with Gasteiger partial charge in [-0.25, -0.2) is 0 Å². The summed E-state index contributed by atoms with van der Waals surface area (Å²) in [5, 5.41) is 12.2. The number of likely N-dealkylation sites (tertiary alicyclic amines) is 1. The lowest BCUT2D eigenvalue weighted by molar-refractivity contribution is -0.136. The van der Waals surface area contributed by atoms with Crippen LogP contribution in [0.1, 0.15) is 89.3 Å². The van der Waals surface area contributed by atoms with Crippen LogP contribution in [-0.2, 0) is 9.59 Å². The maximum atomic E-state index is 13.3. The second kappa shape index (κ2) is 16.2. The second-order valence-electron chi connectivity index (χ2n) is 15.4. The summed E-state index contributed by atoms with van der Waals surface area (Å²) in [6.07, 6.45) is 5.32. The van der Waals surface area contributed by atoms with Gasteiger partial charge in [-0.05, 0) is 115 Å². The van der Waals surface area contributed by atoms with E-state index in [1.807, 2.05) is 24.3 Å². The van der Waals surface area contributed by atoms with E-state index in [9.17, 15) is 24.3 Å². The van der Waals surface area contributed by atoms with Crippen LogP contribution in [0, 0.1) is 5.92 Å². The average Bonchev–Trinajstić information content (AvgIpc) is 3.47. The van der Waals surface area contributed by atoms with Gasteiger partial charge in [0.1, 0.15) is 23.6 Å². The molecule has 8 rings (SSSR count). The first-order valence-electron chi connectivity index (χ1n) is 19.9. The van der Waals surface area contributed by atoms with Crippen LogP contribution in [0.3, 0.4) is 0 Å². The summed E-state index contributed by atoms with van der Waals surface area (Å²) in [4.78, 5) is 56.4. The van der Waals surface area contributed by atoms with Gasteiger partial charge in [-0.15, -0.1) is 0 Å². The van der Waals surface area contributed by atoms with E-state index < -0.39 is 23.8 Å². The Balaban J connectivity index is 0.833. The quantitative estimate of drug-likeness (QED) is 0.132. The Kier molecular flexibility index (Phi) is 10.7. The number of carbonyl (C=O) groups is 4. The highest BCUT2D eigenvalue weighted by atomic mass is 16.5. The van der Waals surface area contributed by atoms with Crippen molar-refractivity contribution in [3.63, 3.8) is 0 Å². The van der Waals surface area contributed by atoms with Gasteiger partial charge in [-0.2, -0.15) is 0 Å². The van der Waals surface area contributed by atoms with E-state index in [0.717, 1.165) is 97.9 Å². The number of phenolic OH excluding ortho intramolecular Hbond substituents is 1. The highest BCUT2D eigenvalue weighted by Crippen LogP contribution is 2.37. The molecule has 4 aliphatic heterocycles. The summed E-state index contributed by atoms with van der Waals surface area (Å²) in [6.45, 7) is 6.97. The standard InChI is InChI=1S/C46H48N4O6/c1-2-38(31-6-4-3-5-7-31)43(32-8-13-35(51)14-9-32)33-10-15-36(16-11-33)56-37-22-24-48(25-23-37)29-30-20-26-49(27-21-30)34-12-17-39-40(28-34)46(55)50(45(39)54)41-18-19-42(52)47-44(41)53/h3-17,28,30,37,41,51H,2,18-27,29H2,1H3,(H,47,52,53). The van der Waals surface area contributed by atoms with Crippen molar-refractivity contribution in [2.24, 2.45) is 5.92 Å².